The van der Waals surface area contributed by atoms with Crippen LogP contribution in [0.5, 0.6) is 0 Å². The number of aryl methyl sites for hydroxylation is 2. The lowest BCUT2D eigenvalue weighted by Crippen LogP contribution is -1.94. The third kappa shape index (κ3) is 8.07. The van der Waals surface area contributed by atoms with Crippen LogP contribution in [-0.4, -0.2) is 9.97 Å². The minimum Gasteiger partial charge on any atom is -0.236 e. The Morgan fingerprint density at radius 2 is 1.15 bits per heavy atom. The Morgan fingerprint density at radius 3 is 1.79 bits per heavy atom. The van der Waals surface area contributed by atoms with E-state index in [1.807, 2.05) is 42.7 Å². The summed E-state index contributed by atoms with van der Waals surface area (Å²) >= 11 is 0. The maximum atomic E-state index is 14.8. The fourth-order valence-electron chi connectivity index (χ4n) is 4.25. The van der Waals surface area contributed by atoms with E-state index in [-0.39, 0.29) is 5.82 Å². The summed E-state index contributed by atoms with van der Waals surface area (Å²) in [5.74, 6) is 0.573. The molecule has 1 aromatic heterocycles. The maximum Gasteiger partial charge on any atom is 0.159 e. The summed E-state index contributed by atoms with van der Waals surface area (Å²) in [4.78, 5) is 9.09. The highest BCUT2D eigenvalue weighted by molar-refractivity contribution is 5.68. The molecule has 0 saturated carbocycles. The summed E-state index contributed by atoms with van der Waals surface area (Å²) in [7, 11) is 0. The van der Waals surface area contributed by atoms with Crippen molar-refractivity contribution >= 4 is 0 Å². The molecule has 1 heterocycles. The molecule has 2 nitrogen and oxygen atoms in total. The van der Waals surface area contributed by atoms with Crippen LogP contribution < -0.4 is 0 Å². The minimum absolute atomic E-state index is 0.144. The van der Waals surface area contributed by atoms with Crippen LogP contribution in [0.25, 0.3) is 22.5 Å². The zero-order valence-corrected chi connectivity index (χ0v) is 20.5. The van der Waals surface area contributed by atoms with Crippen LogP contribution in [-0.2, 0) is 12.8 Å². The van der Waals surface area contributed by atoms with E-state index in [2.05, 4.69) is 29.9 Å². The smallest absolute Gasteiger partial charge is 0.159 e. The Bertz CT molecular complexity index is 948. The van der Waals surface area contributed by atoms with Crippen molar-refractivity contribution in [3.63, 3.8) is 0 Å². The normalized spacial score (nSPS) is 11.1. The standard InChI is InChI=1S/C30H39FN2/c1-3-5-7-9-10-12-13-24-15-20-28(29(31)21-24)26-16-18-27(19-17-26)30-32-22-25(23-33-30)14-11-8-6-4-2/h15-23H,3-14H2,1-2H3. The highest BCUT2D eigenvalue weighted by atomic mass is 19.1. The first-order valence-electron chi connectivity index (χ1n) is 12.9. The van der Waals surface area contributed by atoms with Crippen LogP contribution in [0, 0.1) is 5.82 Å². The van der Waals surface area contributed by atoms with Gasteiger partial charge in [0.25, 0.3) is 0 Å². The fourth-order valence-corrected chi connectivity index (χ4v) is 4.25. The lowest BCUT2D eigenvalue weighted by molar-refractivity contribution is 0.603. The number of hydrogen-bond acceptors (Lipinski definition) is 2. The van der Waals surface area contributed by atoms with Crippen molar-refractivity contribution in [2.45, 2.75) is 90.9 Å². The molecule has 3 aromatic rings. The zero-order chi connectivity index (χ0) is 23.3. The summed E-state index contributed by atoms with van der Waals surface area (Å²) in [6.07, 6.45) is 18.4. The van der Waals surface area contributed by atoms with E-state index in [9.17, 15) is 4.39 Å². The number of nitrogens with zero attached hydrogens (tertiary/aromatic N) is 2. The van der Waals surface area contributed by atoms with Crippen LogP contribution in [0.1, 0.15) is 89.2 Å². The molecule has 2 aromatic carbocycles. The Hall–Kier alpha value is -2.55. The molecule has 0 aliphatic rings. The SMILES string of the molecule is CCCCCCCCc1ccc(-c2ccc(-c3ncc(CCCCCC)cn3)cc2)c(F)c1. The highest BCUT2D eigenvalue weighted by Crippen LogP contribution is 2.27. The van der Waals surface area contributed by atoms with E-state index < -0.39 is 0 Å². The topological polar surface area (TPSA) is 25.8 Å². The summed E-state index contributed by atoms with van der Waals surface area (Å²) < 4.78 is 14.8. The molecule has 0 aliphatic heterocycles. The van der Waals surface area contributed by atoms with Gasteiger partial charge in [0.15, 0.2) is 5.82 Å². The van der Waals surface area contributed by atoms with Crippen LogP contribution >= 0.6 is 0 Å². The molecule has 0 aliphatic carbocycles. The van der Waals surface area contributed by atoms with E-state index in [0.29, 0.717) is 11.4 Å². The lowest BCUT2D eigenvalue weighted by Gasteiger charge is -2.08. The zero-order valence-electron chi connectivity index (χ0n) is 20.5. The first-order chi connectivity index (χ1) is 16.2. The molecular weight excluding hydrogens is 407 g/mol. The Kier molecular flexibility index (Phi) is 10.5. The van der Waals surface area contributed by atoms with Gasteiger partial charge in [-0.2, -0.15) is 0 Å². The molecule has 3 rings (SSSR count). The van der Waals surface area contributed by atoms with Gasteiger partial charge in [-0.05, 0) is 48.4 Å². The molecule has 0 bridgehead atoms. The van der Waals surface area contributed by atoms with Crippen molar-refractivity contribution in [3.8, 4) is 22.5 Å². The van der Waals surface area contributed by atoms with Crippen LogP contribution in [0.15, 0.2) is 54.9 Å². The van der Waals surface area contributed by atoms with Crippen molar-refractivity contribution in [2.75, 3.05) is 0 Å². The Labute approximate surface area is 199 Å². The molecule has 0 radical (unpaired) electrons. The maximum absolute atomic E-state index is 14.8. The quantitative estimate of drug-likeness (QED) is 0.231. The molecule has 0 unspecified atom stereocenters. The average Bonchev–Trinajstić information content (AvgIpc) is 2.85. The number of unbranched alkanes of at least 4 members (excludes halogenated alkanes) is 8. The number of rotatable bonds is 14. The van der Waals surface area contributed by atoms with Crippen molar-refractivity contribution in [1.29, 1.82) is 0 Å². The van der Waals surface area contributed by atoms with Crippen molar-refractivity contribution in [2.24, 2.45) is 0 Å². The highest BCUT2D eigenvalue weighted by Gasteiger charge is 2.08. The third-order valence-corrected chi connectivity index (χ3v) is 6.33. The first kappa shape index (κ1) is 25.1. The van der Waals surface area contributed by atoms with Gasteiger partial charge in [0, 0.05) is 23.5 Å². The summed E-state index contributed by atoms with van der Waals surface area (Å²) in [6, 6.07) is 13.6. The summed E-state index contributed by atoms with van der Waals surface area (Å²) in [5.41, 5.74) is 4.77. The fraction of sp³-hybridized carbons (Fsp3) is 0.467. The second kappa shape index (κ2) is 13.9. The minimum atomic E-state index is -0.144. The van der Waals surface area contributed by atoms with Crippen molar-refractivity contribution < 1.29 is 4.39 Å². The second-order valence-corrected chi connectivity index (χ2v) is 9.13. The van der Waals surface area contributed by atoms with Crippen LogP contribution in [0.4, 0.5) is 4.39 Å². The Balaban J connectivity index is 1.56. The van der Waals surface area contributed by atoms with Crippen molar-refractivity contribution in [1.82, 2.24) is 9.97 Å². The van der Waals surface area contributed by atoms with Crippen molar-refractivity contribution in [3.05, 3.63) is 71.8 Å². The average molecular weight is 447 g/mol. The number of hydrogen-bond donors (Lipinski definition) is 0. The van der Waals surface area contributed by atoms with Crippen LogP contribution in [0.2, 0.25) is 0 Å². The number of benzene rings is 2. The van der Waals surface area contributed by atoms with Gasteiger partial charge in [0.05, 0.1) is 0 Å². The van der Waals surface area contributed by atoms with E-state index in [0.717, 1.165) is 36.0 Å². The van der Waals surface area contributed by atoms with Gasteiger partial charge in [-0.15, -0.1) is 0 Å². The first-order valence-corrected chi connectivity index (χ1v) is 12.9. The number of halogens is 1. The predicted molar refractivity (Wildman–Crippen MR) is 138 cm³/mol. The Morgan fingerprint density at radius 1 is 0.606 bits per heavy atom. The van der Waals surface area contributed by atoms with E-state index in [1.54, 1.807) is 6.07 Å². The lowest BCUT2D eigenvalue weighted by atomic mass is 9.99. The monoisotopic (exact) mass is 446 g/mol. The van der Waals surface area contributed by atoms with E-state index in [1.165, 1.54) is 63.4 Å². The molecular formula is C30H39FN2. The van der Waals surface area contributed by atoms with E-state index >= 15 is 0 Å². The molecule has 0 spiro atoms. The van der Waals surface area contributed by atoms with Gasteiger partial charge in [0.2, 0.25) is 0 Å². The number of aromatic nitrogens is 2. The molecule has 0 atom stereocenters. The molecule has 0 saturated heterocycles. The van der Waals surface area contributed by atoms with Gasteiger partial charge in [0.1, 0.15) is 5.82 Å². The predicted octanol–water partition coefficient (Wildman–Crippen LogP) is 8.98. The molecule has 0 N–H and O–H groups in total. The second-order valence-electron chi connectivity index (χ2n) is 9.13. The van der Waals surface area contributed by atoms with Gasteiger partial charge in [-0.3, -0.25) is 0 Å². The van der Waals surface area contributed by atoms with Gasteiger partial charge in [-0.1, -0.05) is 102 Å². The van der Waals surface area contributed by atoms with Crippen LogP contribution in [0.3, 0.4) is 0 Å². The molecule has 0 fully saturated rings. The third-order valence-electron chi connectivity index (χ3n) is 6.33. The summed E-state index contributed by atoms with van der Waals surface area (Å²) in [5, 5.41) is 0. The van der Waals surface area contributed by atoms with Gasteiger partial charge >= 0.3 is 0 Å². The molecule has 0 amide bonds. The molecule has 3 heteroatoms. The van der Waals surface area contributed by atoms with Gasteiger partial charge < -0.3 is 0 Å². The van der Waals surface area contributed by atoms with E-state index in [4.69, 9.17) is 0 Å². The molecule has 33 heavy (non-hydrogen) atoms. The van der Waals surface area contributed by atoms with Gasteiger partial charge in [-0.25, -0.2) is 14.4 Å². The largest absolute Gasteiger partial charge is 0.236 e. The summed E-state index contributed by atoms with van der Waals surface area (Å²) in [6.45, 7) is 4.46. The molecule has 176 valence electrons.